The van der Waals surface area contributed by atoms with Crippen molar-refractivity contribution < 1.29 is 33.3 Å². The third-order valence-electron chi connectivity index (χ3n) is 21.4. The highest BCUT2D eigenvalue weighted by Gasteiger charge is 2.42. The van der Waals surface area contributed by atoms with Crippen LogP contribution in [0.4, 0.5) is 23.0 Å². The van der Waals surface area contributed by atoms with Crippen molar-refractivity contribution in [2.45, 2.75) is 192 Å². The molecule has 0 spiro atoms. The minimum atomic E-state index is -1.16. The van der Waals surface area contributed by atoms with Gasteiger partial charge in [0.25, 0.3) is 7.41 Å². The fourth-order valence-corrected chi connectivity index (χ4v) is 17.3. The highest BCUT2D eigenvalue weighted by molar-refractivity contribution is 6.76. The number of rotatable bonds is 25. The monoisotopic (exact) mass is 1430 g/mol. The van der Waals surface area contributed by atoms with E-state index in [0.29, 0.717) is 49.6 Å². The van der Waals surface area contributed by atoms with Gasteiger partial charge in [-0.1, -0.05) is 99.9 Å². The molecule has 1 radical (unpaired) electrons. The van der Waals surface area contributed by atoms with Crippen LogP contribution in [0, 0.1) is 27.7 Å². The number of anilines is 4. The summed E-state index contributed by atoms with van der Waals surface area (Å²) in [5.41, 5.74) is 25.8. The summed E-state index contributed by atoms with van der Waals surface area (Å²) in [6.45, 7) is 28.0. The Labute approximate surface area is 610 Å². The second-order valence-corrected chi connectivity index (χ2v) is 42.3. The predicted octanol–water partition coefficient (Wildman–Crippen LogP) is 13.7. The largest absolute Gasteiger partial charge is 0.374 e. The van der Waals surface area contributed by atoms with Crippen LogP contribution in [0.3, 0.4) is 0 Å². The Morgan fingerprint density at radius 1 is 0.598 bits per heavy atom. The van der Waals surface area contributed by atoms with Gasteiger partial charge in [-0.05, 0) is 195 Å². The molecular weight excluding hydrogens is 1330 g/mol. The maximum absolute atomic E-state index is 14.0. The van der Waals surface area contributed by atoms with Gasteiger partial charge in [-0.15, -0.1) is 12.4 Å². The van der Waals surface area contributed by atoms with Gasteiger partial charge in [0.15, 0.2) is 0 Å². The molecule has 4 fully saturated rings. The molecule has 4 bridgehead atoms. The molecule has 537 valence electrons. The number of aryl methyl sites for hydroxylation is 4. The van der Waals surface area contributed by atoms with Gasteiger partial charge in [0.1, 0.15) is 25.1 Å². The number of hydrogen-bond donors (Lipinski definition) is 4. The number of carbonyl (C=O) groups is 3. The normalized spacial score (nSPS) is 20.2. The van der Waals surface area contributed by atoms with Crippen LogP contribution in [-0.2, 0) is 59.6 Å². The number of aromatic nitrogens is 6. The zero-order valence-corrected chi connectivity index (χ0v) is 63.8. The van der Waals surface area contributed by atoms with E-state index in [0.717, 1.165) is 193 Å². The first-order valence-electron chi connectivity index (χ1n) is 36.4. The van der Waals surface area contributed by atoms with Gasteiger partial charge in [0.05, 0.1) is 67.2 Å². The Bertz CT molecular complexity index is 4280. The summed E-state index contributed by atoms with van der Waals surface area (Å²) in [5.74, 6) is 1.47. The molecule has 102 heavy (non-hydrogen) atoms. The van der Waals surface area contributed by atoms with Crippen LogP contribution in [0.25, 0.3) is 44.5 Å². The number of nitrogens with two attached hydrogens (primary N) is 1. The fourth-order valence-electron chi connectivity index (χ4n) is 15.7. The van der Waals surface area contributed by atoms with Crippen molar-refractivity contribution in [2.75, 3.05) is 60.0 Å². The lowest BCUT2D eigenvalue weighted by Gasteiger charge is -2.32. The van der Waals surface area contributed by atoms with Crippen molar-refractivity contribution in [1.82, 2.24) is 34.8 Å². The van der Waals surface area contributed by atoms with Crippen molar-refractivity contribution in [1.29, 1.82) is 0 Å². The highest BCUT2D eigenvalue weighted by Crippen LogP contribution is 2.42. The number of hydrogen-bond acceptors (Lipinski definition) is 15. The second-order valence-electron chi connectivity index (χ2n) is 31.0. The maximum atomic E-state index is 14.0. The minimum Gasteiger partial charge on any atom is -0.374 e. The molecule has 23 heteroatoms. The van der Waals surface area contributed by atoms with E-state index < -0.39 is 28.2 Å². The maximum Gasteiger partial charge on any atom is 0.291 e. The van der Waals surface area contributed by atoms with E-state index in [9.17, 15) is 14.4 Å². The second kappa shape index (κ2) is 32.2. The molecule has 2 amide bonds. The van der Waals surface area contributed by atoms with Crippen molar-refractivity contribution in [3.63, 3.8) is 0 Å². The molecule has 2 aliphatic carbocycles. The van der Waals surface area contributed by atoms with Gasteiger partial charge >= 0.3 is 0 Å². The number of fused-ring (bicyclic) bond motifs is 6. The van der Waals surface area contributed by atoms with Crippen LogP contribution in [0.1, 0.15) is 95.4 Å². The smallest absolute Gasteiger partial charge is 0.291 e. The van der Waals surface area contributed by atoms with Gasteiger partial charge in [0.2, 0.25) is 11.8 Å². The van der Waals surface area contributed by atoms with Gasteiger partial charge in [-0.2, -0.15) is 10.2 Å². The summed E-state index contributed by atoms with van der Waals surface area (Å²) in [7, 11) is -0.959. The summed E-state index contributed by atoms with van der Waals surface area (Å²) in [4.78, 5) is 53.3. The van der Waals surface area contributed by atoms with E-state index in [2.05, 4.69) is 139 Å². The number of carbonyl (C=O) groups excluding carboxylic acids is 3. The van der Waals surface area contributed by atoms with E-state index in [1.165, 1.54) is 24.1 Å². The third kappa shape index (κ3) is 17.1. The van der Waals surface area contributed by atoms with Crippen molar-refractivity contribution >= 4 is 77.0 Å². The molecule has 4 saturated heterocycles. The highest BCUT2D eigenvalue weighted by atomic mass is 35.5. The molecule has 0 unspecified atom stereocenters. The van der Waals surface area contributed by atoms with E-state index in [-0.39, 0.29) is 36.1 Å². The third-order valence-corrected chi connectivity index (χ3v) is 24.8. The molecule has 14 rings (SSSR count). The molecule has 6 aliphatic rings. The minimum absolute atomic E-state index is 0. The molecule has 0 saturated carbocycles. The average molecular weight is 1430 g/mol. The zero-order chi connectivity index (χ0) is 70.7. The number of benzene rings is 4. The Morgan fingerprint density at radius 3 is 1.46 bits per heavy atom. The number of pyridine rings is 2. The van der Waals surface area contributed by atoms with Crippen LogP contribution < -0.4 is 31.4 Å². The standard InChI is InChI=1S/C40H50BN6O4Si.C39H50N6O3Si.ClH/c1-26-38(27(2)47(45-26)25-50-17-18-52(3,4)5)29-11-13-32(14-12-29)43-40(49)39(44-41-24-48)35-8-6-7-28-9-10-30(19-36(28)35)31-15-16-42-37(20-31)46-22-34-21-33(46)23-51-34;1-25-37(26(2)45(43-25)24-47-17-18-49(3,4)5)28-11-13-31(14-12-28)42-39(46)38(40)34-8-6-7-27-9-10-29(19-35(27)34)30-15-16-41-36(20-30)44-22-33-21-32(44)23-48-33;/h9-16,19-20,24,33-35,39,44H,6-8,17-18,21-23,25H2,1-5H3,(H,43,49);9-16,19-20,32-34,38H,6-8,17-18,21-24,40H2,1-5H3,(H,42,46);1H/t33-,34-,35-,39+;32-,33-,34-,38+;/m11./s1. The quantitative estimate of drug-likeness (QED) is 0.0238. The van der Waals surface area contributed by atoms with E-state index in [4.69, 9.17) is 44.8 Å². The average Bonchev–Trinajstić information content (AvgIpc) is 1.79. The summed E-state index contributed by atoms with van der Waals surface area (Å²) in [6, 6.07) is 39.4. The summed E-state index contributed by atoms with van der Waals surface area (Å²) in [6.07, 6.45) is 12.9. The molecule has 4 aromatic heterocycles. The molecule has 5 N–H and O–H groups in total. The molecule has 4 aromatic carbocycles. The first-order valence-corrected chi connectivity index (χ1v) is 43.8. The Balaban J connectivity index is 0.000000191. The van der Waals surface area contributed by atoms with Crippen LogP contribution in [-0.4, -0.2) is 147 Å². The van der Waals surface area contributed by atoms with Gasteiger partial charge in [-0.3, -0.25) is 9.59 Å². The van der Waals surface area contributed by atoms with Gasteiger partial charge < -0.3 is 55.1 Å². The SMILES string of the molecule is Cc1nn(COCC[Si](C)(C)C)c(C)c1-c1ccc(NC(=O)[C@@H](N)[C@@H]2CCCc3ccc(-c4ccnc(N5C[C@H]6C[C@@H]5CO6)c4)cc32)cc1.Cc1nn(COCC[Si](C)(C)C)c(C)c1-c1ccc(NC(=O)[C@@H](N[B]C=O)[C@@H]2CCCc3ccc(-c4ccnc(N5C[C@H]6C[C@@H]5CO6)c4)cc32)cc1.Cl. The molecule has 8 aromatic rings. The Morgan fingerprint density at radius 2 is 1.03 bits per heavy atom. The molecular formula is C79H101BClN12O7Si2. The van der Waals surface area contributed by atoms with E-state index in [1.54, 1.807) is 0 Å². The number of ether oxygens (including phenoxy) is 4. The number of morpholine rings is 2. The van der Waals surface area contributed by atoms with Crippen LogP contribution >= 0.6 is 12.4 Å². The van der Waals surface area contributed by atoms with Crippen LogP contribution in [0.15, 0.2) is 122 Å². The van der Waals surface area contributed by atoms with Gasteiger partial charge in [0, 0.05) is 101 Å². The van der Waals surface area contributed by atoms with Crippen molar-refractivity contribution in [3.05, 3.63) is 167 Å². The first-order chi connectivity index (χ1) is 48.6. The number of halogens is 1. The predicted molar refractivity (Wildman–Crippen MR) is 416 cm³/mol. The van der Waals surface area contributed by atoms with Crippen LogP contribution in [0.5, 0.6) is 0 Å². The van der Waals surface area contributed by atoms with Crippen LogP contribution in [0.2, 0.25) is 51.4 Å². The zero-order valence-electron chi connectivity index (χ0n) is 61.0. The summed E-state index contributed by atoms with van der Waals surface area (Å²) >= 11 is 0. The molecule has 4 aliphatic heterocycles. The number of amides is 2. The Kier molecular flexibility index (Phi) is 23.4. The molecule has 8 heterocycles. The first kappa shape index (κ1) is 74.1. The van der Waals surface area contributed by atoms with Crippen molar-refractivity contribution in [2.24, 2.45) is 5.73 Å². The lowest BCUT2D eigenvalue weighted by Crippen LogP contribution is -2.47. The number of nitrogens with zero attached hydrogens (tertiary/aromatic N) is 8. The molecule has 19 nitrogen and oxygen atoms in total. The van der Waals surface area contributed by atoms with Gasteiger partial charge in [-0.25, -0.2) is 19.3 Å². The van der Waals surface area contributed by atoms with E-state index in [1.807, 2.05) is 84.1 Å². The summed E-state index contributed by atoms with van der Waals surface area (Å²) in [5, 5.41) is 18.9. The topological polar surface area (TPSA) is 218 Å². The van der Waals surface area contributed by atoms with Crippen molar-refractivity contribution in [3.8, 4) is 44.5 Å². The fraction of sp³-hybridized carbons (Fsp3) is 0.456. The lowest BCUT2D eigenvalue weighted by molar-refractivity contribution is -0.119. The molecule has 8 atom stereocenters. The Hall–Kier alpha value is -7.64. The van der Waals surface area contributed by atoms with E-state index >= 15 is 0 Å². The summed E-state index contributed by atoms with van der Waals surface area (Å²) < 4.78 is 27.4. The number of nitrogens with one attached hydrogen (secondary N) is 3. The lowest BCUT2D eigenvalue weighted by atomic mass is 9.76.